The zero-order chi connectivity index (χ0) is 14.1. The largest absolute Gasteiger partial charge is 0.465 e. The average Bonchev–Trinajstić information content (AvgIpc) is 2.25. The summed E-state index contributed by atoms with van der Waals surface area (Å²) in [5.41, 5.74) is -3.55. The molecule has 0 aliphatic rings. The number of pyridine rings is 1. The molecule has 18 heavy (non-hydrogen) atoms. The molecule has 0 radical (unpaired) electrons. The van der Waals surface area contributed by atoms with Crippen LogP contribution in [0.3, 0.4) is 0 Å². The van der Waals surface area contributed by atoms with Gasteiger partial charge in [-0.3, -0.25) is 0 Å². The van der Waals surface area contributed by atoms with Gasteiger partial charge >= 0.3 is 12.1 Å². The molecule has 0 unspecified atom stereocenters. The van der Waals surface area contributed by atoms with Crippen molar-refractivity contribution in [1.82, 2.24) is 4.98 Å². The highest BCUT2D eigenvalue weighted by atomic mass is 127. The van der Waals surface area contributed by atoms with E-state index in [-0.39, 0.29) is 3.70 Å². The standard InChI is InChI=1S/C9H5F5INO2/c1-18-8(17)3-2-4(9(12,13)14)5(6(10)11)16-7(3)15/h2,6H,1H3. The van der Waals surface area contributed by atoms with E-state index in [1.165, 1.54) is 22.6 Å². The third-order valence-corrected chi connectivity index (χ3v) is 2.75. The van der Waals surface area contributed by atoms with Crippen LogP contribution in [0.5, 0.6) is 0 Å². The smallest absolute Gasteiger partial charge is 0.418 e. The van der Waals surface area contributed by atoms with Crippen molar-refractivity contribution in [2.24, 2.45) is 0 Å². The number of hydrogen-bond acceptors (Lipinski definition) is 3. The third kappa shape index (κ3) is 3.06. The van der Waals surface area contributed by atoms with Crippen molar-refractivity contribution < 1.29 is 31.5 Å². The van der Waals surface area contributed by atoms with Gasteiger partial charge in [-0.15, -0.1) is 0 Å². The van der Waals surface area contributed by atoms with E-state index in [0.717, 1.165) is 7.11 Å². The van der Waals surface area contributed by atoms with Crippen molar-refractivity contribution in [2.75, 3.05) is 7.11 Å². The van der Waals surface area contributed by atoms with Gasteiger partial charge < -0.3 is 4.74 Å². The normalized spacial score (nSPS) is 11.8. The fraction of sp³-hybridized carbons (Fsp3) is 0.333. The van der Waals surface area contributed by atoms with Gasteiger partial charge in [0.1, 0.15) is 9.39 Å². The Hall–Kier alpha value is -1.00. The molecule has 1 rings (SSSR count). The number of carbonyl (C=O) groups excluding carboxylic acids is 1. The van der Waals surface area contributed by atoms with Gasteiger partial charge in [0.2, 0.25) is 0 Å². The molecule has 1 aromatic rings. The molecule has 0 spiro atoms. The van der Waals surface area contributed by atoms with E-state index in [1.54, 1.807) is 0 Å². The number of hydrogen-bond donors (Lipinski definition) is 0. The number of nitrogens with zero attached hydrogens (tertiary/aromatic N) is 1. The van der Waals surface area contributed by atoms with Crippen molar-refractivity contribution in [3.8, 4) is 0 Å². The fourth-order valence-electron chi connectivity index (χ4n) is 1.15. The molecule has 0 aromatic carbocycles. The second kappa shape index (κ2) is 5.33. The Labute approximate surface area is 111 Å². The maximum Gasteiger partial charge on any atom is 0.418 e. The van der Waals surface area contributed by atoms with Crippen LogP contribution in [0.25, 0.3) is 0 Å². The minimum atomic E-state index is -5.02. The van der Waals surface area contributed by atoms with E-state index in [1.807, 2.05) is 0 Å². The van der Waals surface area contributed by atoms with Gasteiger partial charge in [-0.2, -0.15) is 13.2 Å². The van der Waals surface area contributed by atoms with Gasteiger partial charge in [-0.25, -0.2) is 18.6 Å². The topological polar surface area (TPSA) is 39.2 Å². The van der Waals surface area contributed by atoms with E-state index < -0.39 is 35.4 Å². The number of carbonyl (C=O) groups is 1. The number of ether oxygens (including phenoxy) is 1. The summed E-state index contributed by atoms with van der Waals surface area (Å²) in [6, 6.07) is 0.322. The quantitative estimate of drug-likeness (QED) is 0.341. The molecule has 100 valence electrons. The molecule has 0 bridgehead atoms. The van der Waals surface area contributed by atoms with Crippen molar-refractivity contribution >= 4 is 28.6 Å². The third-order valence-electron chi connectivity index (χ3n) is 1.92. The first-order valence-electron chi connectivity index (χ1n) is 4.32. The molecule has 0 aliphatic heterocycles. The SMILES string of the molecule is COC(=O)c1cc(C(F)(F)F)c(C(F)F)nc1I. The van der Waals surface area contributed by atoms with Crippen molar-refractivity contribution in [3.05, 3.63) is 26.6 Å². The molecule has 0 fully saturated rings. The monoisotopic (exact) mass is 381 g/mol. The molecule has 1 aromatic heterocycles. The Balaban J connectivity index is 3.51. The van der Waals surface area contributed by atoms with Crippen LogP contribution in [-0.2, 0) is 10.9 Å². The zero-order valence-corrected chi connectivity index (χ0v) is 10.8. The van der Waals surface area contributed by atoms with Gasteiger partial charge in [-0.05, 0) is 28.7 Å². The van der Waals surface area contributed by atoms with Gasteiger partial charge in [0.05, 0.1) is 18.2 Å². The predicted molar refractivity (Wildman–Crippen MR) is 58.3 cm³/mol. The lowest BCUT2D eigenvalue weighted by Crippen LogP contribution is -2.16. The van der Waals surface area contributed by atoms with E-state index in [0.29, 0.717) is 6.07 Å². The maximum absolute atomic E-state index is 12.6. The van der Waals surface area contributed by atoms with Gasteiger partial charge in [0.15, 0.2) is 0 Å². The number of alkyl halides is 5. The number of rotatable bonds is 2. The summed E-state index contributed by atoms with van der Waals surface area (Å²) in [6.45, 7) is 0. The van der Waals surface area contributed by atoms with Crippen LogP contribution in [0.15, 0.2) is 6.07 Å². The summed E-state index contributed by atoms with van der Waals surface area (Å²) in [4.78, 5) is 14.3. The van der Waals surface area contributed by atoms with Crippen molar-refractivity contribution in [3.63, 3.8) is 0 Å². The van der Waals surface area contributed by atoms with Crippen LogP contribution >= 0.6 is 22.6 Å². The molecule has 1 heterocycles. The fourth-order valence-corrected chi connectivity index (χ4v) is 1.79. The molecule has 0 atom stereocenters. The Bertz CT molecular complexity index is 475. The minimum Gasteiger partial charge on any atom is -0.465 e. The second-order valence-corrected chi connectivity index (χ2v) is 4.07. The van der Waals surface area contributed by atoms with Crippen LogP contribution in [0.2, 0.25) is 0 Å². The maximum atomic E-state index is 12.6. The van der Waals surface area contributed by atoms with Crippen LogP contribution in [0, 0.1) is 3.70 Å². The molecule has 0 aliphatic carbocycles. The summed E-state index contributed by atoms with van der Waals surface area (Å²) in [6.07, 6.45) is -8.41. The Kier molecular flexibility index (Phi) is 4.46. The molecule has 9 heteroatoms. The van der Waals surface area contributed by atoms with E-state index in [4.69, 9.17) is 0 Å². The zero-order valence-electron chi connectivity index (χ0n) is 8.69. The molecular weight excluding hydrogens is 376 g/mol. The summed E-state index contributed by atoms with van der Waals surface area (Å²) in [5, 5.41) is 0. The highest BCUT2D eigenvalue weighted by Crippen LogP contribution is 2.36. The molecule has 0 amide bonds. The highest BCUT2D eigenvalue weighted by Gasteiger charge is 2.38. The Morgan fingerprint density at radius 1 is 1.44 bits per heavy atom. The summed E-state index contributed by atoms with van der Waals surface area (Å²) in [5.74, 6) is -1.07. The Morgan fingerprint density at radius 2 is 2.00 bits per heavy atom. The first kappa shape index (κ1) is 15.1. The molecule has 3 nitrogen and oxygen atoms in total. The summed E-state index contributed by atoms with van der Waals surface area (Å²) < 4.78 is 66.6. The lowest BCUT2D eigenvalue weighted by molar-refractivity contribution is -0.140. The minimum absolute atomic E-state index is 0.275. The Morgan fingerprint density at radius 3 is 2.39 bits per heavy atom. The molecule has 0 saturated heterocycles. The number of aromatic nitrogens is 1. The van der Waals surface area contributed by atoms with Crippen molar-refractivity contribution in [1.29, 1.82) is 0 Å². The van der Waals surface area contributed by atoms with Gasteiger partial charge in [-0.1, -0.05) is 0 Å². The van der Waals surface area contributed by atoms with E-state index >= 15 is 0 Å². The number of methoxy groups -OCH3 is 1. The molecule has 0 saturated carbocycles. The average molecular weight is 381 g/mol. The van der Waals surface area contributed by atoms with Gasteiger partial charge in [0, 0.05) is 0 Å². The van der Waals surface area contributed by atoms with Crippen LogP contribution in [-0.4, -0.2) is 18.1 Å². The molecular formula is C9H5F5INO2. The highest BCUT2D eigenvalue weighted by molar-refractivity contribution is 14.1. The first-order chi connectivity index (χ1) is 8.18. The second-order valence-electron chi connectivity index (χ2n) is 3.05. The molecule has 0 N–H and O–H groups in total. The van der Waals surface area contributed by atoms with E-state index in [2.05, 4.69) is 9.72 Å². The van der Waals surface area contributed by atoms with Crippen LogP contribution < -0.4 is 0 Å². The summed E-state index contributed by atoms with van der Waals surface area (Å²) >= 11 is 1.39. The van der Waals surface area contributed by atoms with Crippen molar-refractivity contribution in [2.45, 2.75) is 12.6 Å². The summed E-state index contributed by atoms with van der Waals surface area (Å²) in [7, 11) is 0.965. The number of esters is 1. The predicted octanol–water partition coefficient (Wildman–Crippen LogP) is 3.43. The lowest BCUT2D eigenvalue weighted by atomic mass is 10.1. The van der Waals surface area contributed by atoms with E-state index in [9.17, 15) is 26.7 Å². The van der Waals surface area contributed by atoms with Crippen LogP contribution in [0.4, 0.5) is 22.0 Å². The first-order valence-corrected chi connectivity index (χ1v) is 5.40. The van der Waals surface area contributed by atoms with Gasteiger partial charge in [0.25, 0.3) is 6.43 Å². The number of halogens is 6. The van der Waals surface area contributed by atoms with Crippen LogP contribution in [0.1, 0.15) is 28.0 Å². The lowest BCUT2D eigenvalue weighted by Gasteiger charge is -2.13.